The van der Waals surface area contributed by atoms with Gasteiger partial charge in [0.05, 0.1) is 11.6 Å². The molecule has 102 valence electrons. The number of hydrogen-bond acceptors (Lipinski definition) is 2. The van der Waals surface area contributed by atoms with E-state index < -0.39 is 0 Å². The van der Waals surface area contributed by atoms with Crippen molar-refractivity contribution in [3.63, 3.8) is 0 Å². The normalized spacial score (nSPS) is 29.2. The Kier molecular flexibility index (Phi) is 3.31. The van der Waals surface area contributed by atoms with E-state index in [0.717, 1.165) is 38.6 Å². The molecule has 0 radical (unpaired) electrons. The van der Waals surface area contributed by atoms with Gasteiger partial charge in [0, 0.05) is 0 Å². The molecule has 2 atom stereocenters. The molecule has 1 aliphatic heterocycles. The minimum absolute atomic E-state index is 0.189. The molecule has 1 heterocycles. The first-order chi connectivity index (χ1) is 9.25. The average molecular weight is 258 g/mol. The van der Waals surface area contributed by atoms with Gasteiger partial charge in [0.1, 0.15) is 0 Å². The van der Waals surface area contributed by atoms with Crippen molar-refractivity contribution in [2.24, 2.45) is 0 Å². The van der Waals surface area contributed by atoms with E-state index in [1.165, 1.54) is 11.1 Å². The maximum absolute atomic E-state index is 12.6. The van der Waals surface area contributed by atoms with E-state index in [1.54, 1.807) is 0 Å². The van der Waals surface area contributed by atoms with Gasteiger partial charge >= 0.3 is 0 Å². The number of amides is 1. The van der Waals surface area contributed by atoms with Crippen LogP contribution in [0.4, 0.5) is 0 Å². The molecule has 3 nitrogen and oxygen atoms in total. The van der Waals surface area contributed by atoms with E-state index in [1.807, 2.05) is 0 Å². The first kappa shape index (κ1) is 12.7. The summed E-state index contributed by atoms with van der Waals surface area (Å²) in [6, 6.07) is 8.66. The summed E-state index contributed by atoms with van der Waals surface area (Å²) in [5, 5.41) is 6.67. The number of hydrogen-bond donors (Lipinski definition) is 2. The van der Waals surface area contributed by atoms with Gasteiger partial charge in [-0.3, -0.25) is 4.79 Å². The van der Waals surface area contributed by atoms with Crippen molar-refractivity contribution in [1.82, 2.24) is 10.6 Å². The van der Waals surface area contributed by atoms with Crippen molar-refractivity contribution >= 4 is 5.91 Å². The van der Waals surface area contributed by atoms with Crippen LogP contribution < -0.4 is 10.6 Å². The molecule has 1 fully saturated rings. The lowest BCUT2D eigenvalue weighted by Crippen LogP contribution is -2.53. The summed E-state index contributed by atoms with van der Waals surface area (Å²) in [7, 11) is 0. The van der Waals surface area contributed by atoms with Crippen LogP contribution in [0.5, 0.6) is 0 Å². The minimum atomic E-state index is -0.322. The molecule has 1 aromatic carbocycles. The molecule has 3 rings (SSSR count). The number of rotatable bonds is 3. The van der Waals surface area contributed by atoms with Gasteiger partial charge in [0.25, 0.3) is 0 Å². The van der Waals surface area contributed by atoms with Gasteiger partial charge in [-0.2, -0.15) is 0 Å². The van der Waals surface area contributed by atoms with Crippen molar-refractivity contribution in [1.29, 1.82) is 0 Å². The number of aryl methyl sites for hydroxylation is 1. The Labute approximate surface area is 114 Å². The third-order valence-electron chi connectivity index (χ3n) is 4.72. The summed E-state index contributed by atoms with van der Waals surface area (Å²) >= 11 is 0. The standard InChI is InChI=1S/C16H22N2O/c1-2-16(10-5-11-17-16)15(19)18-14-9-8-12-6-3-4-7-13(12)14/h3-4,6-7,14,17H,2,5,8-11H2,1H3,(H,18,19). The lowest BCUT2D eigenvalue weighted by molar-refractivity contribution is -0.128. The second-order valence-electron chi connectivity index (χ2n) is 5.73. The number of carbonyl (C=O) groups excluding carboxylic acids is 1. The fourth-order valence-corrected chi connectivity index (χ4v) is 3.47. The monoisotopic (exact) mass is 258 g/mol. The Morgan fingerprint density at radius 3 is 3.05 bits per heavy atom. The molecule has 2 aliphatic rings. The van der Waals surface area contributed by atoms with E-state index in [0.29, 0.717) is 0 Å². The molecular formula is C16H22N2O. The average Bonchev–Trinajstić information content (AvgIpc) is 3.07. The Morgan fingerprint density at radius 2 is 2.32 bits per heavy atom. The largest absolute Gasteiger partial charge is 0.348 e. The first-order valence-electron chi connectivity index (χ1n) is 7.39. The van der Waals surface area contributed by atoms with Crippen LogP contribution in [0.25, 0.3) is 0 Å². The molecule has 0 bridgehead atoms. The molecule has 1 saturated heterocycles. The summed E-state index contributed by atoms with van der Waals surface area (Å²) in [6.07, 6.45) is 5.04. The van der Waals surface area contributed by atoms with Gasteiger partial charge in [-0.25, -0.2) is 0 Å². The summed E-state index contributed by atoms with van der Waals surface area (Å²) in [5.74, 6) is 0.189. The van der Waals surface area contributed by atoms with Crippen LogP contribution in [0.15, 0.2) is 24.3 Å². The molecule has 3 heteroatoms. The van der Waals surface area contributed by atoms with Crippen molar-refractivity contribution in [2.45, 2.75) is 50.6 Å². The SMILES string of the molecule is CCC1(C(=O)NC2CCc3ccccc32)CCCN1. The predicted molar refractivity (Wildman–Crippen MR) is 75.9 cm³/mol. The number of carbonyl (C=O) groups is 1. The Morgan fingerprint density at radius 1 is 1.47 bits per heavy atom. The number of benzene rings is 1. The molecule has 1 aliphatic carbocycles. The molecule has 0 spiro atoms. The van der Waals surface area contributed by atoms with Crippen LogP contribution in [-0.4, -0.2) is 18.0 Å². The van der Waals surface area contributed by atoms with Crippen LogP contribution in [0.2, 0.25) is 0 Å². The highest BCUT2D eigenvalue weighted by molar-refractivity contribution is 5.87. The van der Waals surface area contributed by atoms with Gasteiger partial charge in [0.2, 0.25) is 5.91 Å². The number of nitrogens with one attached hydrogen (secondary N) is 2. The zero-order valence-electron chi connectivity index (χ0n) is 11.5. The highest BCUT2D eigenvalue weighted by Crippen LogP contribution is 2.32. The van der Waals surface area contributed by atoms with Crippen molar-refractivity contribution in [3.8, 4) is 0 Å². The summed E-state index contributed by atoms with van der Waals surface area (Å²) in [4.78, 5) is 12.6. The van der Waals surface area contributed by atoms with E-state index >= 15 is 0 Å². The molecule has 1 aromatic rings. The highest BCUT2D eigenvalue weighted by atomic mass is 16.2. The first-order valence-corrected chi connectivity index (χ1v) is 7.39. The van der Waals surface area contributed by atoms with Crippen LogP contribution in [0.1, 0.15) is 49.8 Å². The summed E-state index contributed by atoms with van der Waals surface area (Å²) in [6.45, 7) is 3.06. The molecule has 19 heavy (non-hydrogen) atoms. The van der Waals surface area contributed by atoms with E-state index in [9.17, 15) is 4.79 Å². The van der Waals surface area contributed by atoms with Crippen molar-refractivity contribution < 1.29 is 4.79 Å². The summed E-state index contributed by atoms with van der Waals surface area (Å²) in [5.41, 5.74) is 2.37. The van der Waals surface area contributed by atoms with E-state index in [-0.39, 0.29) is 17.5 Å². The fourth-order valence-electron chi connectivity index (χ4n) is 3.47. The van der Waals surface area contributed by atoms with Crippen LogP contribution >= 0.6 is 0 Å². The predicted octanol–water partition coefficient (Wildman–Crippen LogP) is 2.32. The summed E-state index contributed by atoms with van der Waals surface area (Å²) < 4.78 is 0. The van der Waals surface area contributed by atoms with Gasteiger partial charge in [-0.1, -0.05) is 31.2 Å². The van der Waals surface area contributed by atoms with Crippen molar-refractivity contribution in [2.75, 3.05) is 6.54 Å². The molecule has 1 amide bonds. The smallest absolute Gasteiger partial charge is 0.240 e. The molecule has 2 N–H and O–H groups in total. The van der Waals surface area contributed by atoms with Gasteiger partial charge in [-0.05, 0) is 49.8 Å². The molecule has 0 aromatic heterocycles. The van der Waals surface area contributed by atoms with Crippen molar-refractivity contribution in [3.05, 3.63) is 35.4 Å². The minimum Gasteiger partial charge on any atom is -0.348 e. The van der Waals surface area contributed by atoms with Gasteiger partial charge in [0.15, 0.2) is 0 Å². The second kappa shape index (κ2) is 4.97. The Balaban J connectivity index is 1.74. The lowest BCUT2D eigenvalue weighted by Gasteiger charge is -2.28. The third-order valence-corrected chi connectivity index (χ3v) is 4.72. The van der Waals surface area contributed by atoms with Gasteiger partial charge in [-0.15, -0.1) is 0 Å². The maximum atomic E-state index is 12.6. The molecule has 2 unspecified atom stereocenters. The van der Waals surface area contributed by atoms with E-state index in [4.69, 9.17) is 0 Å². The maximum Gasteiger partial charge on any atom is 0.240 e. The van der Waals surface area contributed by atoms with E-state index in [2.05, 4.69) is 41.8 Å². The topological polar surface area (TPSA) is 41.1 Å². The zero-order valence-corrected chi connectivity index (χ0v) is 11.5. The number of fused-ring (bicyclic) bond motifs is 1. The second-order valence-corrected chi connectivity index (χ2v) is 5.73. The highest BCUT2D eigenvalue weighted by Gasteiger charge is 2.40. The fraction of sp³-hybridized carbons (Fsp3) is 0.562. The quantitative estimate of drug-likeness (QED) is 0.873. The lowest BCUT2D eigenvalue weighted by atomic mass is 9.92. The van der Waals surface area contributed by atoms with Crippen LogP contribution in [0, 0.1) is 0 Å². The Bertz CT molecular complexity index is 477. The molecular weight excluding hydrogens is 236 g/mol. The third kappa shape index (κ3) is 2.16. The van der Waals surface area contributed by atoms with Crippen LogP contribution in [-0.2, 0) is 11.2 Å². The van der Waals surface area contributed by atoms with Crippen LogP contribution in [0.3, 0.4) is 0 Å². The molecule has 0 saturated carbocycles. The zero-order chi connectivity index (χ0) is 13.3. The Hall–Kier alpha value is -1.35. The van der Waals surface area contributed by atoms with Gasteiger partial charge < -0.3 is 10.6 Å².